The number of hydrogen-bond acceptors (Lipinski definition) is 3. The Hall–Kier alpha value is -1.64. The molecule has 0 radical (unpaired) electrons. The Morgan fingerprint density at radius 2 is 2.05 bits per heavy atom. The number of Topliss-reactive ketones (excluding diaryl/α,β-unsaturated/α-hetero) is 2. The summed E-state index contributed by atoms with van der Waals surface area (Å²) in [6, 6.07) is 5.69. The zero-order chi connectivity index (χ0) is 14.8. The van der Waals surface area contributed by atoms with Crippen LogP contribution in [0.5, 0.6) is 5.75 Å². The first-order chi connectivity index (χ1) is 10.0. The van der Waals surface area contributed by atoms with Gasteiger partial charge < -0.3 is 5.11 Å². The Morgan fingerprint density at radius 1 is 1.24 bits per heavy atom. The van der Waals surface area contributed by atoms with Crippen molar-refractivity contribution in [3.63, 3.8) is 0 Å². The fraction of sp³-hybridized carbons (Fsp3) is 0.556. The van der Waals surface area contributed by atoms with E-state index in [0.29, 0.717) is 24.0 Å². The highest BCUT2D eigenvalue weighted by molar-refractivity contribution is 6.41. The van der Waals surface area contributed by atoms with Gasteiger partial charge in [-0.3, -0.25) is 9.59 Å². The Morgan fingerprint density at radius 3 is 2.86 bits per heavy atom. The van der Waals surface area contributed by atoms with Gasteiger partial charge in [0.05, 0.1) is 0 Å². The minimum absolute atomic E-state index is 0.123. The lowest BCUT2D eigenvalue weighted by Crippen LogP contribution is -2.42. The molecule has 0 saturated heterocycles. The SMILES string of the molecule is C[C@]12CC[C@@H]3c4ccc(O)cc4CC[C@H]3[C@@H]1CC(=O)C2=O. The number of carbonyl (C=O) groups is 2. The minimum Gasteiger partial charge on any atom is -0.508 e. The number of benzene rings is 1. The molecule has 0 amide bonds. The summed E-state index contributed by atoms with van der Waals surface area (Å²) in [6.07, 6.45) is 4.23. The summed E-state index contributed by atoms with van der Waals surface area (Å²) in [5.74, 6) is 1.17. The number of carbonyl (C=O) groups excluding carboxylic acids is 2. The Bertz CT molecular complexity index is 648. The van der Waals surface area contributed by atoms with Crippen LogP contribution in [0.3, 0.4) is 0 Å². The van der Waals surface area contributed by atoms with Gasteiger partial charge >= 0.3 is 0 Å². The summed E-state index contributed by atoms with van der Waals surface area (Å²) in [7, 11) is 0. The molecule has 2 saturated carbocycles. The van der Waals surface area contributed by atoms with Gasteiger partial charge in [-0.2, -0.15) is 0 Å². The van der Waals surface area contributed by atoms with Crippen LogP contribution in [-0.2, 0) is 16.0 Å². The number of rotatable bonds is 0. The highest BCUT2D eigenvalue weighted by Crippen LogP contribution is 2.58. The van der Waals surface area contributed by atoms with Gasteiger partial charge in [-0.1, -0.05) is 13.0 Å². The molecule has 3 heteroatoms. The minimum atomic E-state index is -0.410. The lowest BCUT2D eigenvalue weighted by molar-refractivity contribution is -0.139. The van der Waals surface area contributed by atoms with E-state index in [9.17, 15) is 14.7 Å². The molecule has 0 spiro atoms. The molecule has 0 unspecified atom stereocenters. The molecule has 1 N–H and O–H groups in total. The number of hydrogen-bond donors (Lipinski definition) is 1. The third kappa shape index (κ3) is 1.66. The molecule has 4 rings (SSSR count). The average molecular weight is 284 g/mol. The topological polar surface area (TPSA) is 54.4 Å². The van der Waals surface area contributed by atoms with Crippen molar-refractivity contribution in [3.8, 4) is 5.75 Å². The summed E-state index contributed by atoms with van der Waals surface area (Å²) in [5, 5.41) is 9.66. The molecule has 3 nitrogen and oxygen atoms in total. The van der Waals surface area contributed by atoms with E-state index in [1.807, 2.05) is 19.1 Å². The number of fused-ring (bicyclic) bond motifs is 5. The van der Waals surface area contributed by atoms with Crippen molar-refractivity contribution < 1.29 is 14.7 Å². The summed E-state index contributed by atoms with van der Waals surface area (Å²) in [4.78, 5) is 24.2. The van der Waals surface area contributed by atoms with E-state index in [4.69, 9.17) is 0 Å². The van der Waals surface area contributed by atoms with Crippen LogP contribution in [0.2, 0.25) is 0 Å². The fourth-order valence-corrected chi connectivity index (χ4v) is 5.16. The molecule has 110 valence electrons. The van der Waals surface area contributed by atoms with Crippen LogP contribution < -0.4 is 0 Å². The first kappa shape index (κ1) is 13.1. The van der Waals surface area contributed by atoms with Crippen LogP contribution in [0.4, 0.5) is 0 Å². The molecular weight excluding hydrogens is 264 g/mol. The molecule has 3 aliphatic rings. The number of aryl methyl sites for hydroxylation is 1. The normalized spacial score (nSPS) is 37.9. The largest absolute Gasteiger partial charge is 0.508 e. The molecule has 0 aliphatic heterocycles. The summed E-state index contributed by atoms with van der Waals surface area (Å²) < 4.78 is 0. The maximum absolute atomic E-state index is 12.2. The zero-order valence-corrected chi connectivity index (χ0v) is 12.3. The molecule has 1 aromatic rings. The quantitative estimate of drug-likeness (QED) is 0.745. The van der Waals surface area contributed by atoms with E-state index in [0.717, 1.165) is 25.7 Å². The van der Waals surface area contributed by atoms with Crippen LogP contribution in [-0.4, -0.2) is 16.7 Å². The van der Waals surface area contributed by atoms with Crippen molar-refractivity contribution in [1.82, 2.24) is 0 Å². The van der Waals surface area contributed by atoms with Gasteiger partial charge in [0.2, 0.25) is 5.78 Å². The summed E-state index contributed by atoms with van der Waals surface area (Å²) in [5.41, 5.74) is 2.17. The molecule has 0 heterocycles. The van der Waals surface area contributed by atoms with Crippen molar-refractivity contribution in [3.05, 3.63) is 29.3 Å². The Kier molecular flexibility index (Phi) is 2.60. The predicted octanol–water partition coefficient (Wildman–Crippen LogP) is 3.00. The monoisotopic (exact) mass is 284 g/mol. The molecule has 0 bridgehead atoms. The molecule has 1 aromatic carbocycles. The van der Waals surface area contributed by atoms with Gasteiger partial charge in [-0.25, -0.2) is 0 Å². The van der Waals surface area contributed by atoms with E-state index in [-0.39, 0.29) is 17.5 Å². The molecule has 4 atom stereocenters. The highest BCUT2D eigenvalue weighted by atomic mass is 16.3. The van der Waals surface area contributed by atoms with Gasteiger partial charge in [-0.05, 0) is 66.7 Å². The standard InChI is InChI=1S/C18H20O3/c1-18-7-6-13-12-5-3-11(19)8-10(12)2-4-14(13)15(18)9-16(20)17(18)21/h3,5,8,13-15,19H,2,4,6-7,9H2,1H3/t13-,14-,15+,18+/m1/s1. The van der Waals surface area contributed by atoms with Crippen LogP contribution in [0.1, 0.15) is 49.7 Å². The second-order valence-electron chi connectivity index (χ2n) is 7.21. The van der Waals surface area contributed by atoms with Crippen LogP contribution in [0.25, 0.3) is 0 Å². The molecule has 2 fully saturated rings. The predicted molar refractivity (Wildman–Crippen MR) is 78.1 cm³/mol. The number of ketones is 2. The van der Waals surface area contributed by atoms with Gasteiger partial charge in [0.15, 0.2) is 5.78 Å². The highest BCUT2D eigenvalue weighted by Gasteiger charge is 2.58. The lowest BCUT2D eigenvalue weighted by atomic mass is 9.55. The first-order valence-corrected chi connectivity index (χ1v) is 7.90. The van der Waals surface area contributed by atoms with Gasteiger partial charge in [-0.15, -0.1) is 0 Å². The molecule has 0 aromatic heterocycles. The molecule has 21 heavy (non-hydrogen) atoms. The second-order valence-corrected chi connectivity index (χ2v) is 7.21. The average Bonchev–Trinajstić information content (AvgIpc) is 2.70. The van der Waals surface area contributed by atoms with Crippen molar-refractivity contribution in [1.29, 1.82) is 0 Å². The van der Waals surface area contributed by atoms with Gasteiger partial charge in [0.1, 0.15) is 5.75 Å². The third-order valence-corrected chi connectivity index (χ3v) is 6.28. The number of phenols is 1. The van der Waals surface area contributed by atoms with Gasteiger partial charge in [0, 0.05) is 11.8 Å². The number of phenolic OH excluding ortho intramolecular Hbond substituents is 1. The summed E-state index contributed by atoms with van der Waals surface area (Å²) >= 11 is 0. The maximum atomic E-state index is 12.2. The van der Waals surface area contributed by atoms with E-state index in [2.05, 4.69) is 0 Å². The van der Waals surface area contributed by atoms with E-state index in [1.165, 1.54) is 11.1 Å². The summed E-state index contributed by atoms with van der Waals surface area (Å²) in [6.45, 7) is 2.01. The Labute approximate surface area is 124 Å². The van der Waals surface area contributed by atoms with Crippen LogP contribution in [0.15, 0.2) is 18.2 Å². The smallest absolute Gasteiger partial charge is 0.204 e. The van der Waals surface area contributed by atoms with Crippen LogP contribution in [0, 0.1) is 17.3 Å². The van der Waals surface area contributed by atoms with E-state index < -0.39 is 5.41 Å². The molecule has 3 aliphatic carbocycles. The lowest BCUT2D eigenvalue weighted by Gasteiger charge is -2.47. The first-order valence-electron chi connectivity index (χ1n) is 7.90. The van der Waals surface area contributed by atoms with Crippen molar-refractivity contribution in [2.75, 3.05) is 0 Å². The van der Waals surface area contributed by atoms with Crippen molar-refractivity contribution in [2.45, 2.75) is 44.9 Å². The van der Waals surface area contributed by atoms with Crippen LogP contribution >= 0.6 is 0 Å². The fourth-order valence-electron chi connectivity index (χ4n) is 5.16. The second kappa shape index (κ2) is 4.19. The van der Waals surface area contributed by atoms with E-state index >= 15 is 0 Å². The maximum Gasteiger partial charge on any atom is 0.204 e. The number of aromatic hydroxyl groups is 1. The van der Waals surface area contributed by atoms with E-state index in [1.54, 1.807) is 6.07 Å². The van der Waals surface area contributed by atoms with Crippen molar-refractivity contribution in [2.24, 2.45) is 17.3 Å². The third-order valence-electron chi connectivity index (χ3n) is 6.28. The Balaban J connectivity index is 1.74. The molecular formula is C18H20O3. The zero-order valence-electron chi connectivity index (χ0n) is 12.3. The van der Waals surface area contributed by atoms with Gasteiger partial charge in [0.25, 0.3) is 0 Å². The van der Waals surface area contributed by atoms with Crippen molar-refractivity contribution >= 4 is 11.6 Å².